The number of benzene rings is 2. The highest BCUT2D eigenvalue weighted by molar-refractivity contribution is 7.99. The normalized spacial score (nSPS) is 10.6. The molecule has 0 saturated heterocycles. The van der Waals surface area contributed by atoms with Crippen LogP contribution in [-0.4, -0.2) is 26.4 Å². The molecular formula is C21H20Cl2N4O2S. The largest absolute Gasteiger partial charge is 0.486 e. The summed E-state index contributed by atoms with van der Waals surface area (Å²) in [5, 5.41) is 12.7. The quantitative estimate of drug-likeness (QED) is 0.341. The van der Waals surface area contributed by atoms with Crippen LogP contribution in [0.4, 0.5) is 5.69 Å². The summed E-state index contributed by atoms with van der Waals surface area (Å²) < 4.78 is 7.67. The van der Waals surface area contributed by atoms with E-state index in [4.69, 9.17) is 27.9 Å². The zero-order chi connectivity index (χ0) is 21.5. The molecule has 0 bridgehead atoms. The third kappa shape index (κ3) is 6.01. The monoisotopic (exact) mass is 462 g/mol. The van der Waals surface area contributed by atoms with Crippen molar-refractivity contribution in [2.24, 2.45) is 0 Å². The number of nitrogens with zero attached hydrogens (tertiary/aromatic N) is 3. The number of carbonyl (C=O) groups excluding carboxylic acids is 1. The van der Waals surface area contributed by atoms with Crippen LogP contribution < -0.4 is 10.1 Å². The minimum Gasteiger partial charge on any atom is -0.486 e. The smallest absolute Gasteiger partial charge is 0.234 e. The van der Waals surface area contributed by atoms with E-state index in [1.54, 1.807) is 24.3 Å². The molecule has 1 amide bonds. The molecule has 0 radical (unpaired) electrons. The lowest BCUT2D eigenvalue weighted by Gasteiger charge is -2.10. The molecule has 0 aliphatic carbocycles. The number of thioether (sulfide) groups is 1. The van der Waals surface area contributed by atoms with E-state index in [-0.39, 0.29) is 18.3 Å². The van der Waals surface area contributed by atoms with Crippen LogP contribution in [0.3, 0.4) is 0 Å². The maximum atomic E-state index is 12.3. The number of aryl methyl sites for hydroxylation is 1. The number of rotatable bonds is 9. The average Bonchev–Trinajstić information content (AvgIpc) is 3.10. The van der Waals surface area contributed by atoms with Crippen LogP contribution in [0.25, 0.3) is 0 Å². The lowest BCUT2D eigenvalue weighted by atomic mass is 10.2. The minimum atomic E-state index is -0.213. The van der Waals surface area contributed by atoms with Crippen molar-refractivity contribution in [2.45, 2.75) is 25.2 Å². The summed E-state index contributed by atoms with van der Waals surface area (Å²) in [6.45, 7) is 6.57. The van der Waals surface area contributed by atoms with Crippen LogP contribution in [0.1, 0.15) is 11.4 Å². The Labute approximate surface area is 189 Å². The number of ether oxygens (including phenoxy) is 1. The molecule has 3 aromatic rings. The van der Waals surface area contributed by atoms with E-state index >= 15 is 0 Å². The summed E-state index contributed by atoms with van der Waals surface area (Å²) in [4.78, 5) is 12.3. The highest BCUT2D eigenvalue weighted by Crippen LogP contribution is 2.26. The van der Waals surface area contributed by atoms with Gasteiger partial charge in [-0.25, -0.2) is 0 Å². The van der Waals surface area contributed by atoms with Crippen molar-refractivity contribution in [3.05, 3.63) is 76.6 Å². The van der Waals surface area contributed by atoms with Gasteiger partial charge in [0.2, 0.25) is 5.91 Å². The Hall–Kier alpha value is -2.48. The van der Waals surface area contributed by atoms with E-state index in [1.807, 2.05) is 35.8 Å². The van der Waals surface area contributed by atoms with Gasteiger partial charge in [0.05, 0.1) is 16.5 Å². The Morgan fingerprint density at radius 2 is 2.00 bits per heavy atom. The molecular weight excluding hydrogens is 443 g/mol. The average molecular weight is 463 g/mol. The van der Waals surface area contributed by atoms with Gasteiger partial charge in [0, 0.05) is 11.6 Å². The van der Waals surface area contributed by atoms with E-state index in [2.05, 4.69) is 22.1 Å². The number of hydrogen-bond donors (Lipinski definition) is 1. The molecule has 0 unspecified atom stereocenters. The second kappa shape index (κ2) is 10.5. The summed E-state index contributed by atoms with van der Waals surface area (Å²) in [7, 11) is 0. The van der Waals surface area contributed by atoms with E-state index in [9.17, 15) is 4.79 Å². The molecule has 30 heavy (non-hydrogen) atoms. The van der Waals surface area contributed by atoms with Crippen molar-refractivity contribution >= 4 is 46.6 Å². The molecule has 0 saturated carbocycles. The van der Waals surface area contributed by atoms with Crippen molar-refractivity contribution in [3.8, 4) is 5.75 Å². The number of nitrogens with one attached hydrogen (secondary N) is 1. The molecule has 0 atom stereocenters. The SMILES string of the molecule is C=CCn1c(COc2ccc(C)cc2)nnc1SCC(=O)Nc1ccc(Cl)cc1Cl. The standard InChI is InChI=1S/C21H20Cl2N4O2S/c1-3-10-27-19(12-29-16-7-4-14(2)5-8-16)25-26-21(27)30-13-20(28)24-18-9-6-15(22)11-17(18)23/h3-9,11H,1,10,12-13H2,2H3,(H,24,28). The second-order valence-electron chi connectivity index (χ2n) is 6.36. The first-order valence-corrected chi connectivity index (χ1v) is 10.8. The summed E-state index contributed by atoms with van der Waals surface area (Å²) in [5.74, 6) is 1.34. The van der Waals surface area contributed by atoms with Gasteiger partial charge in [-0.1, -0.05) is 58.7 Å². The van der Waals surface area contributed by atoms with Gasteiger partial charge in [-0.3, -0.25) is 9.36 Å². The first kappa shape index (κ1) is 22.2. The van der Waals surface area contributed by atoms with Crippen molar-refractivity contribution < 1.29 is 9.53 Å². The summed E-state index contributed by atoms with van der Waals surface area (Å²) in [6, 6.07) is 12.7. The molecule has 3 rings (SSSR count). The van der Waals surface area contributed by atoms with Crippen LogP contribution in [0, 0.1) is 6.92 Å². The van der Waals surface area contributed by atoms with Crippen LogP contribution in [-0.2, 0) is 17.9 Å². The molecule has 0 aliphatic heterocycles. The Kier molecular flexibility index (Phi) is 7.79. The topological polar surface area (TPSA) is 69.0 Å². The number of amides is 1. The molecule has 156 valence electrons. The molecule has 6 nitrogen and oxygen atoms in total. The Morgan fingerprint density at radius 1 is 1.23 bits per heavy atom. The highest BCUT2D eigenvalue weighted by Gasteiger charge is 2.15. The van der Waals surface area contributed by atoms with Gasteiger partial charge in [-0.05, 0) is 37.3 Å². The van der Waals surface area contributed by atoms with Gasteiger partial charge < -0.3 is 10.1 Å². The number of aromatic nitrogens is 3. The molecule has 2 aromatic carbocycles. The highest BCUT2D eigenvalue weighted by atomic mass is 35.5. The van der Waals surface area contributed by atoms with Gasteiger partial charge in [0.25, 0.3) is 0 Å². The third-order valence-corrected chi connectivity index (χ3v) is 5.55. The zero-order valence-corrected chi connectivity index (χ0v) is 18.6. The number of allylic oxidation sites excluding steroid dienone is 1. The lowest BCUT2D eigenvalue weighted by Crippen LogP contribution is -2.15. The molecule has 9 heteroatoms. The minimum absolute atomic E-state index is 0.146. The summed E-state index contributed by atoms with van der Waals surface area (Å²) in [5.41, 5.74) is 1.67. The van der Waals surface area contributed by atoms with E-state index in [0.717, 1.165) is 11.3 Å². The Bertz CT molecular complexity index is 1040. The van der Waals surface area contributed by atoms with Gasteiger partial charge >= 0.3 is 0 Å². The van der Waals surface area contributed by atoms with E-state index in [0.29, 0.717) is 33.3 Å². The van der Waals surface area contributed by atoms with Crippen molar-refractivity contribution in [1.29, 1.82) is 0 Å². The fourth-order valence-electron chi connectivity index (χ4n) is 2.53. The second-order valence-corrected chi connectivity index (χ2v) is 8.15. The number of hydrogen-bond acceptors (Lipinski definition) is 5. The molecule has 1 aromatic heterocycles. The maximum absolute atomic E-state index is 12.3. The number of halogens is 2. The lowest BCUT2D eigenvalue weighted by molar-refractivity contribution is -0.113. The van der Waals surface area contributed by atoms with Crippen molar-refractivity contribution in [2.75, 3.05) is 11.1 Å². The maximum Gasteiger partial charge on any atom is 0.234 e. The molecule has 0 aliphatic rings. The van der Waals surface area contributed by atoms with Gasteiger partial charge in [0.1, 0.15) is 12.4 Å². The van der Waals surface area contributed by atoms with Gasteiger partial charge in [-0.2, -0.15) is 0 Å². The zero-order valence-electron chi connectivity index (χ0n) is 16.3. The molecule has 0 fully saturated rings. The van der Waals surface area contributed by atoms with Crippen molar-refractivity contribution in [3.63, 3.8) is 0 Å². The Balaban J connectivity index is 1.61. The van der Waals surface area contributed by atoms with E-state index < -0.39 is 0 Å². The molecule has 1 heterocycles. The Morgan fingerprint density at radius 3 is 2.70 bits per heavy atom. The summed E-state index contributed by atoms with van der Waals surface area (Å²) >= 11 is 13.2. The predicted octanol–water partition coefficient (Wildman–Crippen LogP) is 5.39. The third-order valence-electron chi connectivity index (χ3n) is 4.03. The number of carbonyl (C=O) groups is 1. The fourth-order valence-corrected chi connectivity index (χ4v) is 3.76. The summed E-state index contributed by atoms with van der Waals surface area (Å²) in [6.07, 6.45) is 1.75. The van der Waals surface area contributed by atoms with Crippen LogP contribution in [0.15, 0.2) is 60.3 Å². The first-order valence-electron chi connectivity index (χ1n) is 9.06. The molecule has 0 spiro atoms. The van der Waals surface area contributed by atoms with Crippen LogP contribution in [0.2, 0.25) is 10.0 Å². The van der Waals surface area contributed by atoms with E-state index in [1.165, 1.54) is 11.8 Å². The van der Waals surface area contributed by atoms with Gasteiger partial charge in [0.15, 0.2) is 11.0 Å². The van der Waals surface area contributed by atoms with Gasteiger partial charge in [-0.15, -0.1) is 16.8 Å². The first-order chi connectivity index (χ1) is 14.5. The fraction of sp³-hybridized carbons (Fsp3) is 0.190. The van der Waals surface area contributed by atoms with Crippen LogP contribution in [0.5, 0.6) is 5.75 Å². The molecule has 1 N–H and O–H groups in total. The van der Waals surface area contributed by atoms with Crippen molar-refractivity contribution in [1.82, 2.24) is 14.8 Å². The van der Waals surface area contributed by atoms with Crippen LogP contribution >= 0.6 is 35.0 Å². The number of anilines is 1. The predicted molar refractivity (Wildman–Crippen MR) is 122 cm³/mol.